The highest BCUT2D eigenvalue weighted by Crippen LogP contribution is 2.37. The first-order chi connectivity index (χ1) is 9.78. The van der Waals surface area contributed by atoms with Crippen LogP contribution in [0, 0.1) is 5.92 Å². The molecule has 0 aromatic carbocycles. The lowest BCUT2D eigenvalue weighted by atomic mass is 9.80. The molecule has 2 N–H and O–H groups in total. The van der Waals surface area contributed by atoms with Crippen molar-refractivity contribution in [1.29, 1.82) is 0 Å². The average Bonchev–Trinajstić information content (AvgIpc) is 2.97. The SMILES string of the molecule is CCC1CCCC(c2noc(C3CCCCC3N)n2)C1. The fraction of sp³-hybridized carbons (Fsp3) is 0.875. The Labute approximate surface area is 121 Å². The Hall–Kier alpha value is -0.900. The van der Waals surface area contributed by atoms with E-state index in [1.54, 1.807) is 0 Å². The largest absolute Gasteiger partial charge is 0.339 e. The Kier molecular flexibility index (Phi) is 4.39. The summed E-state index contributed by atoms with van der Waals surface area (Å²) in [6, 6.07) is 0.201. The molecule has 4 atom stereocenters. The van der Waals surface area contributed by atoms with Crippen molar-refractivity contribution in [1.82, 2.24) is 10.1 Å². The highest BCUT2D eigenvalue weighted by Gasteiger charge is 2.31. The van der Waals surface area contributed by atoms with Crippen molar-refractivity contribution in [3.8, 4) is 0 Å². The van der Waals surface area contributed by atoms with Crippen molar-refractivity contribution in [2.75, 3.05) is 0 Å². The molecular formula is C16H27N3O. The maximum Gasteiger partial charge on any atom is 0.231 e. The molecule has 20 heavy (non-hydrogen) atoms. The topological polar surface area (TPSA) is 64.9 Å². The van der Waals surface area contributed by atoms with Gasteiger partial charge in [0.15, 0.2) is 5.82 Å². The van der Waals surface area contributed by atoms with Crippen LogP contribution in [0.15, 0.2) is 4.52 Å². The number of hydrogen-bond donors (Lipinski definition) is 1. The van der Waals surface area contributed by atoms with Crippen LogP contribution in [0.1, 0.15) is 88.3 Å². The van der Waals surface area contributed by atoms with Crippen molar-refractivity contribution < 1.29 is 4.52 Å². The van der Waals surface area contributed by atoms with E-state index in [4.69, 9.17) is 15.2 Å². The molecule has 112 valence electrons. The van der Waals surface area contributed by atoms with Crippen LogP contribution < -0.4 is 5.73 Å². The van der Waals surface area contributed by atoms with E-state index in [2.05, 4.69) is 12.1 Å². The molecule has 2 aliphatic carbocycles. The maximum absolute atomic E-state index is 6.21. The van der Waals surface area contributed by atoms with E-state index >= 15 is 0 Å². The molecule has 2 saturated carbocycles. The maximum atomic E-state index is 6.21. The molecule has 4 unspecified atom stereocenters. The lowest BCUT2D eigenvalue weighted by Crippen LogP contribution is -2.31. The smallest absolute Gasteiger partial charge is 0.231 e. The normalized spacial score (nSPS) is 35.1. The standard InChI is InChI=1S/C16H27N3O/c1-2-11-6-5-7-12(10-11)15-18-16(20-19-15)13-8-3-4-9-14(13)17/h11-14H,2-10,17H2,1H3. The third-order valence-corrected chi connectivity index (χ3v) is 5.32. The monoisotopic (exact) mass is 277 g/mol. The zero-order valence-corrected chi connectivity index (χ0v) is 12.6. The Morgan fingerprint density at radius 1 is 1.15 bits per heavy atom. The van der Waals surface area contributed by atoms with Gasteiger partial charge in [-0.25, -0.2) is 0 Å². The summed E-state index contributed by atoms with van der Waals surface area (Å²) in [7, 11) is 0. The minimum Gasteiger partial charge on any atom is -0.339 e. The van der Waals surface area contributed by atoms with Gasteiger partial charge in [-0.2, -0.15) is 4.98 Å². The molecule has 0 aliphatic heterocycles. The van der Waals surface area contributed by atoms with Crippen LogP contribution in [0.3, 0.4) is 0 Å². The fourth-order valence-electron chi connectivity index (χ4n) is 3.93. The van der Waals surface area contributed by atoms with E-state index in [1.165, 1.54) is 44.9 Å². The number of nitrogens with two attached hydrogens (primary N) is 1. The van der Waals surface area contributed by atoms with E-state index in [9.17, 15) is 0 Å². The zero-order valence-electron chi connectivity index (χ0n) is 12.6. The predicted octanol–water partition coefficient (Wildman–Crippen LogP) is 3.74. The molecule has 1 heterocycles. The van der Waals surface area contributed by atoms with Crippen LogP contribution in [0.25, 0.3) is 0 Å². The van der Waals surface area contributed by atoms with Gasteiger partial charge in [-0.1, -0.05) is 44.2 Å². The van der Waals surface area contributed by atoms with Gasteiger partial charge in [0.1, 0.15) is 0 Å². The van der Waals surface area contributed by atoms with Crippen LogP contribution in [-0.2, 0) is 0 Å². The van der Waals surface area contributed by atoms with E-state index in [0.29, 0.717) is 5.92 Å². The lowest BCUT2D eigenvalue weighted by molar-refractivity contribution is 0.280. The van der Waals surface area contributed by atoms with Crippen LogP contribution in [0.5, 0.6) is 0 Å². The fourth-order valence-corrected chi connectivity index (χ4v) is 3.93. The highest BCUT2D eigenvalue weighted by molar-refractivity contribution is 5.04. The summed E-state index contributed by atoms with van der Waals surface area (Å²) < 4.78 is 5.56. The number of nitrogens with zero attached hydrogens (tertiary/aromatic N) is 2. The summed E-state index contributed by atoms with van der Waals surface area (Å²) in [5, 5.41) is 4.28. The summed E-state index contributed by atoms with van der Waals surface area (Å²) in [4.78, 5) is 4.72. The molecular weight excluding hydrogens is 250 g/mol. The lowest BCUT2D eigenvalue weighted by Gasteiger charge is -2.26. The third-order valence-electron chi connectivity index (χ3n) is 5.32. The molecule has 0 bridgehead atoms. The Balaban J connectivity index is 1.69. The van der Waals surface area contributed by atoms with Gasteiger partial charge in [0.25, 0.3) is 0 Å². The van der Waals surface area contributed by atoms with Gasteiger partial charge in [-0.3, -0.25) is 0 Å². The van der Waals surface area contributed by atoms with Crippen molar-refractivity contribution in [3.63, 3.8) is 0 Å². The predicted molar refractivity (Wildman–Crippen MR) is 78.5 cm³/mol. The average molecular weight is 277 g/mol. The van der Waals surface area contributed by atoms with Crippen LogP contribution in [0.4, 0.5) is 0 Å². The Bertz CT molecular complexity index is 431. The second-order valence-corrected chi connectivity index (χ2v) is 6.68. The highest BCUT2D eigenvalue weighted by atomic mass is 16.5. The second kappa shape index (κ2) is 6.25. The van der Waals surface area contributed by atoms with E-state index < -0.39 is 0 Å². The summed E-state index contributed by atoms with van der Waals surface area (Å²) in [5.74, 6) is 3.37. The molecule has 0 saturated heterocycles. The van der Waals surface area contributed by atoms with Gasteiger partial charge in [-0.15, -0.1) is 0 Å². The first-order valence-corrected chi connectivity index (χ1v) is 8.37. The van der Waals surface area contributed by atoms with Gasteiger partial charge in [0.2, 0.25) is 5.89 Å². The molecule has 1 aromatic heterocycles. The minimum atomic E-state index is 0.201. The number of hydrogen-bond acceptors (Lipinski definition) is 4. The van der Waals surface area contributed by atoms with Crippen LogP contribution in [-0.4, -0.2) is 16.2 Å². The second-order valence-electron chi connectivity index (χ2n) is 6.68. The van der Waals surface area contributed by atoms with Crippen molar-refractivity contribution in [2.45, 2.75) is 82.6 Å². The van der Waals surface area contributed by atoms with Crippen molar-refractivity contribution in [3.05, 3.63) is 11.7 Å². The van der Waals surface area contributed by atoms with E-state index in [1.807, 2.05) is 0 Å². The summed E-state index contributed by atoms with van der Waals surface area (Å²) in [5.41, 5.74) is 6.21. The number of aromatic nitrogens is 2. The summed E-state index contributed by atoms with van der Waals surface area (Å²) in [6.07, 6.45) is 11.0. The van der Waals surface area contributed by atoms with Gasteiger partial charge in [-0.05, 0) is 31.6 Å². The van der Waals surface area contributed by atoms with Gasteiger partial charge in [0.05, 0.1) is 5.92 Å². The van der Waals surface area contributed by atoms with Crippen molar-refractivity contribution >= 4 is 0 Å². The van der Waals surface area contributed by atoms with Crippen molar-refractivity contribution in [2.24, 2.45) is 11.7 Å². The van der Waals surface area contributed by atoms with Crippen LogP contribution >= 0.6 is 0 Å². The molecule has 3 rings (SSSR count). The number of rotatable bonds is 3. The van der Waals surface area contributed by atoms with E-state index in [-0.39, 0.29) is 12.0 Å². The first kappa shape index (κ1) is 14.1. The third kappa shape index (κ3) is 2.90. The van der Waals surface area contributed by atoms with Gasteiger partial charge in [0, 0.05) is 12.0 Å². The quantitative estimate of drug-likeness (QED) is 0.914. The van der Waals surface area contributed by atoms with Crippen LogP contribution in [0.2, 0.25) is 0 Å². The Morgan fingerprint density at radius 2 is 2.00 bits per heavy atom. The molecule has 1 aromatic rings. The van der Waals surface area contributed by atoms with E-state index in [0.717, 1.165) is 30.5 Å². The summed E-state index contributed by atoms with van der Waals surface area (Å²) >= 11 is 0. The molecule has 4 nitrogen and oxygen atoms in total. The zero-order chi connectivity index (χ0) is 13.9. The first-order valence-electron chi connectivity index (χ1n) is 8.37. The molecule has 2 aliphatic rings. The molecule has 0 amide bonds. The molecule has 0 spiro atoms. The minimum absolute atomic E-state index is 0.201. The summed E-state index contributed by atoms with van der Waals surface area (Å²) in [6.45, 7) is 2.29. The van der Waals surface area contributed by atoms with Gasteiger partial charge < -0.3 is 10.3 Å². The molecule has 0 radical (unpaired) electrons. The van der Waals surface area contributed by atoms with Gasteiger partial charge >= 0.3 is 0 Å². The Morgan fingerprint density at radius 3 is 2.80 bits per heavy atom. The molecule has 2 fully saturated rings. The molecule has 4 heteroatoms.